The summed E-state index contributed by atoms with van der Waals surface area (Å²) >= 11 is 0. The Labute approximate surface area is 181 Å². The summed E-state index contributed by atoms with van der Waals surface area (Å²) in [7, 11) is 0. The molecular formula is C22H26N8O. The summed E-state index contributed by atoms with van der Waals surface area (Å²) in [5, 5.41) is 23.6. The van der Waals surface area contributed by atoms with Crippen LogP contribution in [0.5, 0.6) is 0 Å². The molecule has 2 N–H and O–H groups in total. The molecule has 0 saturated carbocycles. The van der Waals surface area contributed by atoms with Gasteiger partial charge in [-0.25, -0.2) is 9.78 Å². The summed E-state index contributed by atoms with van der Waals surface area (Å²) in [6.45, 7) is 3.69. The van der Waals surface area contributed by atoms with E-state index in [0.29, 0.717) is 5.56 Å². The maximum Gasteiger partial charge on any atom is 0.315 e. The highest BCUT2D eigenvalue weighted by Crippen LogP contribution is 2.20. The summed E-state index contributed by atoms with van der Waals surface area (Å²) in [6, 6.07) is 11.2. The van der Waals surface area contributed by atoms with Crippen LogP contribution in [0.4, 0.5) is 10.6 Å². The first-order valence-electron chi connectivity index (χ1n) is 10.7. The number of carbonyl (C=O) groups is 1. The Bertz CT molecular complexity index is 1060. The first-order chi connectivity index (χ1) is 15.2. The second-order valence-electron chi connectivity index (χ2n) is 7.72. The van der Waals surface area contributed by atoms with E-state index < -0.39 is 0 Å². The van der Waals surface area contributed by atoms with Crippen LogP contribution in [0, 0.1) is 11.3 Å². The average Bonchev–Trinajstić information content (AvgIpc) is 3.23. The third-order valence-electron chi connectivity index (χ3n) is 5.57. The summed E-state index contributed by atoms with van der Waals surface area (Å²) in [6.07, 6.45) is 6.88. The number of rotatable bonds is 6. The molecule has 31 heavy (non-hydrogen) atoms. The molecule has 9 heteroatoms. The zero-order valence-electron chi connectivity index (χ0n) is 17.5. The number of carbonyl (C=O) groups excluding carboxylic acids is 1. The number of pyridine rings is 2. The van der Waals surface area contributed by atoms with E-state index in [1.54, 1.807) is 12.3 Å². The molecule has 3 aromatic rings. The smallest absolute Gasteiger partial charge is 0.315 e. The van der Waals surface area contributed by atoms with Crippen LogP contribution in [0.2, 0.25) is 0 Å². The van der Waals surface area contributed by atoms with Gasteiger partial charge in [0.1, 0.15) is 11.9 Å². The van der Waals surface area contributed by atoms with Gasteiger partial charge in [-0.2, -0.15) is 5.26 Å². The highest BCUT2D eigenvalue weighted by atomic mass is 16.2. The lowest BCUT2D eigenvalue weighted by Crippen LogP contribution is -2.48. The number of nitriles is 1. The minimum atomic E-state index is -0.203. The molecule has 1 aliphatic rings. The van der Waals surface area contributed by atoms with E-state index in [-0.39, 0.29) is 18.1 Å². The van der Waals surface area contributed by atoms with Crippen LogP contribution in [-0.2, 0) is 0 Å². The third kappa shape index (κ3) is 4.74. The van der Waals surface area contributed by atoms with Crippen molar-refractivity contribution in [1.82, 2.24) is 30.2 Å². The Kier molecular flexibility index (Phi) is 6.26. The topological polar surface area (TPSA) is 111 Å². The molecular weight excluding hydrogens is 392 g/mol. The normalized spacial score (nSPS) is 15.4. The SMILES string of the molecule is CCCC(NC(=O)NC1CCN(c2ccc(C#N)cn2)CC1)c1nnc2ccccn12. The lowest BCUT2D eigenvalue weighted by molar-refractivity contribution is 0.229. The van der Waals surface area contributed by atoms with Gasteiger partial charge in [0.25, 0.3) is 0 Å². The van der Waals surface area contributed by atoms with Crippen LogP contribution in [0.1, 0.15) is 50.0 Å². The number of amides is 2. The van der Waals surface area contributed by atoms with Crippen molar-refractivity contribution in [3.05, 3.63) is 54.1 Å². The van der Waals surface area contributed by atoms with Crippen molar-refractivity contribution in [2.24, 2.45) is 0 Å². The number of hydrogen-bond acceptors (Lipinski definition) is 6. The number of nitrogens with one attached hydrogen (secondary N) is 2. The number of nitrogens with zero attached hydrogens (tertiary/aromatic N) is 6. The molecule has 4 heterocycles. The van der Waals surface area contributed by atoms with Gasteiger partial charge in [0.05, 0.1) is 11.6 Å². The predicted molar refractivity (Wildman–Crippen MR) is 116 cm³/mol. The molecule has 2 amide bonds. The van der Waals surface area contributed by atoms with Crippen LogP contribution in [0.15, 0.2) is 42.7 Å². The van der Waals surface area contributed by atoms with Crippen LogP contribution >= 0.6 is 0 Å². The second-order valence-corrected chi connectivity index (χ2v) is 7.72. The van der Waals surface area contributed by atoms with Crippen molar-refractivity contribution in [3.8, 4) is 6.07 Å². The van der Waals surface area contributed by atoms with E-state index in [4.69, 9.17) is 5.26 Å². The van der Waals surface area contributed by atoms with Gasteiger partial charge in [-0.05, 0) is 43.5 Å². The van der Waals surface area contributed by atoms with Crippen LogP contribution in [-0.4, -0.2) is 44.7 Å². The quantitative estimate of drug-likeness (QED) is 0.637. The molecule has 0 radical (unpaired) electrons. The Morgan fingerprint density at radius 2 is 2.10 bits per heavy atom. The molecule has 0 bridgehead atoms. The fourth-order valence-electron chi connectivity index (χ4n) is 3.93. The number of hydrogen-bond donors (Lipinski definition) is 2. The molecule has 1 aliphatic heterocycles. The summed E-state index contributed by atoms with van der Waals surface area (Å²) < 4.78 is 1.92. The van der Waals surface area contributed by atoms with Gasteiger partial charge < -0.3 is 15.5 Å². The zero-order valence-corrected chi connectivity index (χ0v) is 17.5. The van der Waals surface area contributed by atoms with E-state index in [9.17, 15) is 4.79 Å². The van der Waals surface area contributed by atoms with Gasteiger partial charge in [0.2, 0.25) is 0 Å². The maximum atomic E-state index is 12.7. The molecule has 0 aliphatic carbocycles. The molecule has 1 fully saturated rings. The van der Waals surface area contributed by atoms with E-state index in [2.05, 4.69) is 43.7 Å². The van der Waals surface area contributed by atoms with E-state index in [0.717, 1.165) is 56.1 Å². The largest absolute Gasteiger partial charge is 0.356 e. The van der Waals surface area contributed by atoms with Crippen molar-refractivity contribution in [1.29, 1.82) is 5.26 Å². The molecule has 160 valence electrons. The average molecular weight is 419 g/mol. The van der Waals surface area contributed by atoms with Crippen LogP contribution in [0.25, 0.3) is 5.65 Å². The predicted octanol–water partition coefficient (Wildman–Crippen LogP) is 2.81. The Morgan fingerprint density at radius 3 is 2.81 bits per heavy atom. The van der Waals surface area contributed by atoms with Gasteiger partial charge in [-0.1, -0.05) is 19.4 Å². The molecule has 1 unspecified atom stereocenters. The van der Waals surface area contributed by atoms with Gasteiger partial charge >= 0.3 is 6.03 Å². The van der Waals surface area contributed by atoms with E-state index >= 15 is 0 Å². The molecule has 1 saturated heterocycles. The molecule has 0 aromatic carbocycles. The van der Waals surface area contributed by atoms with Crippen LogP contribution in [0.3, 0.4) is 0 Å². The highest BCUT2D eigenvalue weighted by Gasteiger charge is 2.24. The number of anilines is 1. The zero-order chi connectivity index (χ0) is 21.6. The minimum Gasteiger partial charge on any atom is -0.356 e. The fraction of sp³-hybridized carbons (Fsp3) is 0.409. The number of fused-ring (bicyclic) bond motifs is 1. The van der Waals surface area contributed by atoms with Crippen molar-refractivity contribution < 1.29 is 4.79 Å². The molecule has 4 rings (SSSR count). The monoisotopic (exact) mass is 418 g/mol. The van der Waals surface area contributed by atoms with Crippen LogP contribution < -0.4 is 15.5 Å². The summed E-state index contributed by atoms with van der Waals surface area (Å²) in [4.78, 5) is 19.3. The summed E-state index contributed by atoms with van der Waals surface area (Å²) in [5.41, 5.74) is 1.32. The maximum absolute atomic E-state index is 12.7. The third-order valence-corrected chi connectivity index (χ3v) is 5.57. The number of urea groups is 1. The van der Waals surface area contributed by atoms with Gasteiger partial charge in [0, 0.05) is 31.5 Å². The number of piperidine rings is 1. The Morgan fingerprint density at radius 1 is 1.26 bits per heavy atom. The first kappa shape index (κ1) is 20.6. The first-order valence-corrected chi connectivity index (χ1v) is 10.7. The van der Waals surface area contributed by atoms with E-state index in [1.165, 1.54) is 0 Å². The minimum absolute atomic E-state index is 0.104. The van der Waals surface area contributed by atoms with Gasteiger partial charge in [0.15, 0.2) is 11.5 Å². The van der Waals surface area contributed by atoms with E-state index in [1.807, 2.05) is 34.9 Å². The second kappa shape index (κ2) is 9.43. The van der Waals surface area contributed by atoms with Gasteiger partial charge in [-0.15, -0.1) is 10.2 Å². The Balaban J connectivity index is 1.33. The summed E-state index contributed by atoms with van der Waals surface area (Å²) in [5.74, 6) is 1.61. The molecule has 9 nitrogen and oxygen atoms in total. The molecule has 0 spiro atoms. The lowest BCUT2D eigenvalue weighted by atomic mass is 10.1. The highest BCUT2D eigenvalue weighted by molar-refractivity contribution is 5.74. The number of aromatic nitrogens is 4. The van der Waals surface area contributed by atoms with Crippen molar-refractivity contribution >= 4 is 17.5 Å². The molecule has 3 aromatic heterocycles. The molecule has 1 atom stereocenters. The van der Waals surface area contributed by atoms with Gasteiger partial charge in [-0.3, -0.25) is 4.40 Å². The van der Waals surface area contributed by atoms with Crippen molar-refractivity contribution in [2.45, 2.75) is 44.7 Å². The Hall–Kier alpha value is -3.67. The van der Waals surface area contributed by atoms with Crippen molar-refractivity contribution in [3.63, 3.8) is 0 Å². The standard InChI is InChI=1S/C22H26N8O/c1-2-5-18(21-28-27-20-6-3-4-11-30(20)21)26-22(31)25-17-9-12-29(13-10-17)19-8-7-16(14-23)15-24-19/h3-4,6-8,11,15,17-18H,2,5,9-10,12-13H2,1H3,(H2,25,26,31). The van der Waals surface area contributed by atoms with Crippen molar-refractivity contribution in [2.75, 3.05) is 18.0 Å². The fourth-order valence-corrected chi connectivity index (χ4v) is 3.93. The lowest BCUT2D eigenvalue weighted by Gasteiger charge is -2.33.